The largest absolute Gasteiger partial charge is 0.353 e. The van der Waals surface area contributed by atoms with Crippen molar-refractivity contribution < 1.29 is 28.4 Å². The van der Waals surface area contributed by atoms with Crippen molar-refractivity contribution in [3.8, 4) is 0 Å². The molecule has 0 unspecified atom stereocenters. The lowest BCUT2D eigenvalue weighted by Crippen LogP contribution is -2.28. The average molecular weight is 376 g/mol. The zero-order chi connectivity index (χ0) is 17.2. The summed E-state index contributed by atoms with van der Waals surface area (Å²) in [5.41, 5.74) is 0. The highest BCUT2D eigenvalue weighted by molar-refractivity contribution is 7.57. The zero-order valence-electron chi connectivity index (χ0n) is 15.2. The minimum Gasteiger partial charge on any atom is -0.353 e. The van der Waals surface area contributed by atoms with Crippen molar-refractivity contribution in [2.24, 2.45) is 0 Å². The van der Waals surface area contributed by atoms with Crippen LogP contribution >= 0.6 is 7.92 Å². The van der Waals surface area contributed by atoms with E-state index < -0.39 is 0 Å². The summed E-state index contributed by atoms with van der Waals surface area (Å²) >= 11 is 0. The Kier molecular flexibility index (Phi) is 9.42. The molecule has 146 valence electrons. The molecule has 3 fully saturated rings. The molecular weight excluding hydrogens is 343 g/mol. The lowest BCUT2D eigenvalue weighted by atomic mass is 10.4. The van der Waals surface area contributed by atoms with Crippen molar-refractivity contribution in [2.75, 3.05) is 58.1 Å². The van der Waals surface area contributed by atoms with E-state index in [1.54, 1.807) is 0 Å². The molecule has 0 saturated carbocycles. The summed E-state index contributed by atoms with van der Waals surface area (Å²) < 4.78 is 34.2. The predicted molar refractivity (Wildman–Crippen MR) is 96.3 cm³/mol. The third-order valence-corrected chi connectivity index (χ3v) is 7.40. The van der Waals surface area contributed by atoms with Gasteiger partial charge < -0.3 is 28.4 Å². The lowest BCUT2D eigenvalue weighted by Gasteiger charge is -2.29. The van der Waals surface area contributed by atoms with Crippen LogP contribution in [0.5, 0.6) is 0 Å². The SMILES string of the molecule is C1COC(CCP(CCC2OCCCO2)CCC2OCCCO2)OC1. The first-order chi connectivity index (χ1) is 12.4. The molecule has 0 aliphatic carbocycles. The monoisotopic (exact) mass is 376 g/mol. The quantitative estimate of drug-likeness (QED) is 0.577. The topological polar surface area (TPSA) is 55.4 Å². The van der Waals surface area contributed by atoms with Gasteiger partial charge >= 0.3 is 0 Å². The molecule has 0 N–H and O–H groups in total. The molecule has 0 aromatic carbocycles. The fourth-order valence-electron chi connectivity index (χ4n) is 3.31. The number of hydrogen-bond acceptors (Lipinski definition) is 6. The van der Waals surface area contributed by atoms with Crippen LogP contribution in [0.15, 0.2) is 0 Å². The van der Waals surface area contributed by atoms with E-state index in [4.69, 9.17) is 28.4 Å². The minimum atomic E-state index is -0.115. The van der Waals surface area contributed by atoms with E-state index in [9.17, 15) is 0 Å². The molecule has 3 rings (SSSR count). The van der Waals surface area contributed by atoms with Crippen LogP contribution in [0, 0.1) is 0 Å². The molecule has 0 aromatic rings. The number of hydrogen-bond donors (Lipinski definition) is 0. The summed E-state index contributed by atoms with van der Waals surface area (Å²) in [6.45, 7) is 4.98. The van der Waals surface area contributed by atoms with E-state index in [0.717, 1.165) is 78.2 Å². The van der Waals surface area contributed by atoms with Crippen molar-refractivity contribution in [3.63, 3.8) is 0 Å². The summed E-state index contributed by atoms with van der Waals surface area (Å²) in [5.74, 6) is 0. The van der Waals surface area contributed by atoms with Crippen LogP contribution in [0.2, 0.25) is 0 Å². The average Bonchev–Trinajstić information content (AvgIpc) is 2.70. The second-order valence-corrected chi connectivity index (χ2v) is 9.47. The van der Waals surface area contributed by atoms with Gasteiger partial charge in [0.15, 0.2) is 18.9 Å². The summed E-state index contributed by atoms with van der Waals surface area (Å²) in [4.78, 5) is 0. The molecule has 0 bridgehead atoms. The van der Waals surface area contributed by atoms with Crippen LogP contribution in [0.4, 0.5) is 0 Å². The standard InChI is InChI=1S/C18H33O6P/c1-7-19-16(20-8-1)4-13-25(14-5-17-21-9-2-10-22-17)15-6-18-23-11-3-12-24-18/h16-18H,1-15H2. The van der Waals surface area contributed by atoms with E-state index in [0.29, 0.717) is 0 Å². The molecule has 3 aliphatic rings. The second kappa shape index (κ2) is 11.8. The van der Waals surface area contributed by atoms with Crippen LogP contribution in [0.1, 0.15) is 38.5 Å². The van der Waals surface area contributed by atoms with Gasteiger partial charge in [0, 0.05) is 19.3 Å². The molecule has 7 heteroatoms. The van der Waals surface area contributed by atoms with Gasteiger partial charge in [-0.1, -0.05) is 0 Å². The maximum absolute atomic E-state index is 5.71. The van der Waals surface area contributed by atoms with Gasteiger partial charge in [-0.05, 0) is 37.7 Å². The van der Waals surface area contributed by atoms with Gasteiger partial charge in [-0.2, -0.15) is 0 Å². The molecule has 0 aromatic heterocycles. The first-order valence-corrected chi connectivity index (χ1v) is 11.7. The Labute approximate surface area is 152 Å². The van der Waals surface area contributed by atoms with E-state index in [1.165, 1.54) is 18.5 Å². The smallest absolute Gasteiger partial charge is 0.157 e. The summed E-state index contributed by atoms with van der Waals surface area (Å²) in [6.07, 6.45) is 9.47. The highest BCUT2D eigenvalue weighted by Crippen LogP contribution is 2.40. The maximum atomic E-state index is 5.71. The third-order valence-electron chi connectivity index (χ3n) is 4.73. The van der Waals surface area contributed by atoms with Crippen molar-refractivity contribution in [1.82, 2.24) is 0 Å². The fourth-order valence-corrected chi connectivity index (χ4v) is 5.71. The van der Waals surface area contributed by atoms with Gasteiger partial charge in [0.25, 0.3) is 0 Å². The van der Waals surface area contributed by atoms with Gasteiger partial charge in [0.1, 0.15) is 0 Å². The van der Waals surface area contributed by atoms with Gasteiger partial charge in [0.05, 0.1) is 39.6 Å². The van der Waals surface area contributed by atoms with Crippen LogP contribution < -0.4 is 0 Å². The molecular formula is C18H33O6P. The first kappa shape index (κ1) is 19.9. The lowest BCUT2D eigenvalue weighted by molar-refractivity contribution is -0.179. The highest BCUT2D eigenvalue weighted by atomic mass is 31.1. The van der Waals surface area contributed by atoms with Crippen molar-refractivity contribution in [3.05, 3.63) is 0 Å². The second-order valence-electron chi connectivity index (χ2n) is 6.78. The number of rotatable bonds is 9. The molecule has 6 nitrogen and oxygen atoms in total. The van der Waals surface area contributed by atoms with Gasteiger partial charge in [-0.15, -0.1) is 7.92 Å². The minimum absolute atomic E-state index is 0.0110. The molecule has 3 aliphatic heterocycles. The summed E-state index contributed by atoms with van der Waals surface area (Å²) in [7, 11) is -0.115. The molecule has 25 heavy (non-hydrogen) atoms. The Hall–Kier alpha value is 0.190. The van der Waals surface area contributed by atoms with E-state index in [-0.39, 0.29) is 26.8 Å². The molecule has 0 spiro atoms. The van der Waals surface area contributed by atoms with Crippen molar-refractivity contribution in [1.29, 1.82) is 0 Å². The van der Waals surface area contributed by atoms with Crippen LogP contribution in [-0.2, 0) is 28.4 Å². The summed E-state index contributed by atoms with van der Waals surface area (Å²) in [5, 5.41) is 0. The zero-order valence-corrected chi connectivity index (χ0v) is 16.1. The molecule has 3 saturated heterocycles. The van der Waals surface area contributed by atoms with Crippen molar-refractivity contribution in [2.45, 2.75) is 57.4 Å². The Morgan fingerprint density at radius 1 is 0.480 bits per heavy atom. The first-order valence-electron chi connectivity index (χ1n) is 9.82. The summed E-state index contributed by atoms with van der Waals surface area (Å²) in [6, 6.07) is 0. The van der Waals surface area contributed by atoms with Gasteiger partial charge in [-0.25, -0.2) is 0 Å². The molecule has 3 heterocycles. The third kappa shape index (κ3) is 7.76. The molecule has 0 radical (unpaired) electrons. The van der Waals surface area contributed by atoms with E-state index in [2.05, 4.69) is 0 Å². The Balaban J connectivity index is 1.39. The molecule has 0 amide bonds. The predicted octanol–water partition coefficient (Wildman–Crippen LogP) is 2.93. The number of ether oxygens (including phenoxy) is 6. The van der Waals surface area contributed by atoms with Gasteiger partial charge in [-0.3, -0.25) is 0 Å². The van der Waals surface area contributed by atoms with Crippen molar-refractivity contribution >= 4 is 7.92 Å². The van der Waals surface area contributed by atoms with Crippen LogP contribution in [0.25, 0.3) is 0 Å². The Morgan fingerprint density at radius 2 is 0.760 bits per heavy atom. The van der Waals surface area contributed by atoms with Crippen LogP contribution in [0.3, 0.4) is 0 Å². The van der Waals surface area contributed by atoms with E-state index >= 15 is 0 Å². The van der Waals surface area contributed by atoms with Crippen LogP contribution in [-0.4, -0.2) is 77.0 Å². The maximum Gasteiger partial charge on any atom is 0.157 e. The van der Waals surface area contributed by atoms with E-state index in [1.807, 2.05) is 0 Å². The highest BCUT2D eigenvalue weighted by Gasteiger charge is 2.22. The Bertz CT molecular complexity index is 288. The molecule has 0 atom stereocenters. The normalized spacial score (nSPS) is 24.8. The fraction of sp³-hybridized carbons (Fsp3) is 1.00. The Morgan fingerprint density at radius 3 is 1.04 bits per heavy atom. The van der Waals surface area contributed by atoms with Gasteiger partial charge in [0.2, 0.25) is 0 Å².